The Balaban J connectivity index is 1.50. The van der Waals surface area contributed by atoms with Crippen molar-refractivity contribution in [2.45, 2.75) is 25.4 Å². The average molecular weight is 423 g/mol. The van der Waals surface area contributed by atoms with Crippen molar-refractivity contribution in [1.29, 1.82) is 0 Å². The molecule has 1 aliphatic heterocycles. The molecule has 4 amide bonds. The van der Waals surface area contributed by atoms with Crippen molar-refractivity contribution in [2.75, 3.05) is 13.6 Å². The van der Waals surface area contributed by atoms with E-state index < -0.39 is 41.8 Å². The molecule has 1 saturated heterocycles. The molecular weight excluding hydrogens is 401 g/mol. The van der Waals surface area contributed by atoms with E-state index in [1.54, 1.807) is 7.05 Å². The number of imide groups is 1. The molecule has 2 heterocycles. The SMILES string of the molecule is CC(c1cc2ccccc2o1)N(C)C(=O)CN1C(=O)NC(C)(c2ccc(F)cc2)C1=O. The third-order valence-electron chi connectivity index (χ3n) is 5.82. The number of rotatable bonds is 5. The molecule has 4 rings (SSSR count). The van der Waals surface area contributed by atoms with Gasteiger partial charge in [0.05, 0.1) is 6.04 Å². The van der Waals surface area contributed by atoms with Crippen molar-refractivity contribution in [3.63, 3.8) is 0 Å². The standard InChI is InChI=1S/C23H22FN3O4/c1-14(19-12-15-6-4-5-7-18(15)31-19)26(3)20(28)13-27-21(29)23(2,25-22(27)30)16-8-10-17(24)11-9-16/h4-12,14H,13H2,1-3H3,(H,25,30). The predicted octanol–water partition coefficient (Wildman–Crippen LogP) is 3.56. The third-order valence-corrected chi connectivity index (χ3v) is 5.82. The summed E-state index contributed by atoms with van der Waals surface area (Å²) in [4.78, 5) is 40.7. The van der Waals surface area contributed by atoms with Crippen LogP contribution < -0.4 is 5.32 Å². The Kier molecular flexibility index (Phi) is 5.00. The largest absolute Gasteiger partial charge is 0.459 e. The van der Waals surface area contributed by atoms with Crippen LogP contribution in [0.25, 0.3) is 11.0 Å². The monoisotopic (exact) mass is 423 g/mol. The minimum absolute atomic E-state index is 0.399. The number of amides is 4. The molecule has 1 aliphatic rings. The van der Waals surface area contributed by atoms with E-state index in [1.807, 2.05) is 37.3 Å². The highest BCUT2D eigenvalue weighted by Crippen LogP contribution is 2.30. The Labute approximate surface area is 178 Å². The van der Waals surface area contributed by atoms with E-state index >= 15 is 0 Å². The molecule has 2 atom stereocenters. The van der Waals surface area contributed by atoms with E-state index in [-0.39, 0.29) is 0 Å². The molecule has 1 fully saturated rings. The lowest BCUT2D eigenvalue weighted by molar-refractivity contribution is -0.139. The van der Waals surface area contributed by atoms with Gasteiger partial charge in [-0.15, -0.1) is 0 Å². The van der Waals surface area contributed by atoms with Gasteiger partial charge in [-0.3, -0.25) is 14.5 Å². The number of likely N-dealkylation sites (N-methyl/N-ethyl adjacent to an activating group) is 1. The Bertz CT molecular complexity index is 1140. The fraction of sp³-hybridized carbons (Fsp3) is 0.261. The van der Waals surface area contributed by atoms with Crippen LogP contribution in [-0.4, -0.2) is 41.2 Å². The number of para-hydroxylation sites is 1. The number of benzene rings is 2. The maximum absolute atomic E-state index is 13.3. The molecule has 160 valence electrons. The number of nitrogens with one attached hydrogen (secondary N) is 1. The summed E-state index contributed by atoms with van der Waals surface area (Å²) in [5.41, 5.74) is -0.214. The topological polar surface area (TPSA) is 82.9 Å². The molecule has 1 N–H and O–H groups in total. The zero-order valence-electron chi connectivity index (χ0n) is 17.4. The number of urea groups is 1. The van der Waals surface area contributed by atoms with Gasteiger partial charge in [0, 0.05) is 12.4 Å². The maximum atomic E-state index is 13.3. The first-order valence-electron chi connectivity index (χ1n) is 9.85. The Morgan fingerprint density at radius 1 is 1.19 bits per heavy atom. The van der Waals surface area contributed by atoms with Gasteiger partial charge in [0.15, 0.2) is 0 Å². The second-order valence-corrected chi connectivity index (χ2v) is 7.82. The first-order valence-corrected chi connectivity index (χ1v) is 9.85. The second kappa shape index (κ2) is 7.54. The summed E-state index contributed by atoms with van der Waals surface area (Å²) in [6.07, 6.45) is 0. The second-order valence-electron chi connectivity index (χ2n) is 7.82. The van der Waals surface area contributed by atoms with Crippen LogP contribution in [0.4, 0.5) is 9.18 Å². The molecule has 0 saturated carbocycles. The molecule has 0 spiro atoms. The summed E-state index contributed by atoms with van der Waals surface area (Å²) in [6.45, 7) is 2.93. The van der Waals surface area contributed by atoms with Gasteiger partial charge in [0.1, 0.15) is 29.2 Å². The Morgan fingerprint density at radius 2 is 1.87 bits per heavy atom. The van der Waals surface area contributed by atoms with Crippen molar-refractivity contribution < 1.29 is 23.2 Å². The van der Waals surface area contributed by atoms with Gasteiger partial charge in [-0.1, -0.05) is 30.3 Å². The van der Waals surface area contributed by atoms with Crippen molar-refractivity contribution in [2.24, 2.45) is 0 Å². The van der Waals surface area contributed by atoms with Crippen molar-refractivity contribution in [1.82, 2.24) is 15.1 Å². The van der Waals surface area contributed by atoms with Gasteiger partial charge in [-0.05, 0) is 43.7 Å². The quantitative estimate of drug-likeness (QED) is 0.636. The highest BCUT2D eigenvalue weighted by Gasteiger charge is 2.49. The molecule has 0 aliphatic carbocycles. The lowest BCUT2D eigenvalue weighted by Crippen LogP contribution is -2.44. The highest BCUT2D eigenvalue weighted by molar-refractivity contribution is 6.09. The summed E-state index contributed by atoms with van der Waals surface area (Å²) >= 11 is 0. The summed E-state index contributed by atoms with van der Waals surface area (Å²) < 4.78 is 19.1. The fourth-order valence-corrected chi connectivity index (χ4v) is 3.68. The Morgan fingerprint density at radius 3 is 2.55 bits per heavy atom. The van der Waals surface area contributed by atoms with Crippen molar-refractivity contribution >= 4 is 28.8 Å². The number of furan rings is 1. The lowest BCUT2D eigenvalue weighted by atomic mass is 9.92. The molecule has 2 aromatic carbocycles. The highest BCUT2D eigenvalue weighted by atomic mass is 19.1. The molecule has 7 nitrogen and oxygen atoms in total. The fourth-order valence-electron chi connectivity index (χ4n) is 3.68. The smallest absolute Gasteiger partial charge is 0.325 e. The van der Waals surface area contributed by atoms with E-state index in [0.717, 1.165) is 15.9 Å². The summed E-state index contributed by atoms with van der Waals surface area (Å²) in [6, 6.07) is 13.6. The van der Waals surface area contributed by atoms with Crippen LogP contribution in [0.5, 0.6) is 0 Å². The normalized spacial score (nSPS) is 19.5. The molecule has 1 aromatic heterocycles. The maximum Gasteiger partial charge on any atom is 0.325 e. The number of carbonyl (C=O) groups excluding carboxylic acids is 3. The van der Waals surface area contributed by atoms with Crippen LogP contribution in [0.1, 0.15) is 31.2 Å². The van der Waals surface area contributed by atoms with E-state index in [2.05, 4.69) is 5.32 Å². The molecule has 8 heteroatoms. The van der Waals surface area contributed by atoms with E-state index in [9.17, 15) is 18.8 Å². The molecular formula is C23H22FN3O4. The zero-order valence-corrected chi connectivity index (χ0v) is 17.4. The van der Waals surface area contributed by atoms with Gasteiger partial charge in [0.25, 0.3) is 5.91 Å². The van der Waals surface area contributed by atoms with E-state index in [0.29, 0.717) is 11.3 Å². The Hall–Kier alpha value is -3.68. The lowest BCUT2D eigenvalue weighted by Gasteiger charge is -2.26. The summed E-state index contributed by atoms with van der Waals surface area (Å²) in [5, 5.41) is 3.54. The number of hydrogen-bond acceptors (Lipinski definition) is 4. The molecule has 31 heavy (non-hydrogen) atoms. The van der Waals surface area contributed by atoms with Crippen LogP contribution in [0.15, 0.2) is 59.0 Å². The first-order chi connectivity index (χ1) is 14.7. The van der Waals surface area contributed by atoms with Gasteiger partial charge in [0.2, 0.25) is 5.91 Å². The summed E-state index contributed by atoms with van der Waals surface area (Å²) in [5.74, 6) is -0.829. The van der Waals surface area contributed by atoms with Crippen molar-refractivity contribution in [3.05, 3.63) is 71.7 Å². The third kappa shape index (κ3) is 3.54. The first kappa shape index (κ1) is 20.6. The molecule has 0 bridgehead atoms. The average Bonchev–Trinajstić information content (AvgIpc) is 3.28. The van der Waals surface area contributed by atoms with Crippen LogP contribution >= 0.6 is 0 Å². The van der Waals surface area contributed by atoms with Crippen LogP contribution in [0.3, 0.4) is 0 Å². The number of carbonyl (C=O) groups is 3. The molecule has 2 unspecified atom stereocenters. The molecule has 0 radical (unpaired) electrons. The number of fused-ring (bicyclic) bond motifs is 1. The zero-order chi connectivity index (χ0) is 22.3. The van der Waals surface area contributed by atoms with Crippen LogP contribution in [0.2, 0.25) is 0 Å². The van der Waals surface area contributed by atoms with Gasteiger partial charge >= 0.3 is 6.03 Å². The van der Waals surface area contributed by atoms with Gasteiger partial charge in [-0.25, -0.2) is 9.18 Å². The van der Waals surface area contributed by atoms with Gasteiger partial charge in [-0.2, -0.15) is 0 Å². The minimum Gasteiger partial charge on any atom is -0.459 e. The van der Waals surface area contributed by atoms with Crippen molar-refractivity contribution in [3.8, 4) is 0 Å². The van der Waals surface area contributed by atoms with Crippen LogP contribution in [-0.2, 0) is 15.1 Å². The van der Waals surface area contributed by atoms with E-state index in [1.165, 1.54) is 36.1 Å². The van der Waals surface area contributed by atoms with E-state index in [4.69, 9.17) is 4.42 Å². The number of halogens is 1. The predicted molar refractivity (Wildman–Crippen MR) is 111 cm³/mol. The van der Waals surface area contributed by atoms with Crippen LogP contribution in [0, 0.1) is 5.82 Å². The molecule has 3 aromatic rings. The number of hydrogen-bond donors (Lipinski definition) is 1. The summed E-state index contributed by atoms with van der Waals surface area (Å²) in [7, 11) is 1.60. The minimum atomic E-state index is -1.37. The van der Waals surface area contributed by atoms with Gasteiger partial charge < -0.3 is 14.6 Å². The number of nitrogens with zero attached hydrogens (tertiary/aromatic N) is 2.